The van der Waals surface area contributed by atoms with Crippen LogP contribution in [0.25, 0.3) is 0 Å². The van der Waals surface area contributed by atoms with Gasteiger partial charge in [0.05, 0.1) is 5.56 Å². The van der Waals surface area contributed by atoms with Crippen LogP contribution >= 0.6 is 10.7 Å². The molecule has 0 N–H and O–H groups in total. The van der Waals surface area contributed by atoms with Gasteiger partial charge in [-0.2, -0.15) is 0 Å². The van der Waals surface area contributed by atoms with Gasteiger partial charge in [0.1, 0.15) is 22.6 Å². The highest BCUT2D eigenvalue weighted by atomic mass is 35.7. The topological polar surface area (TPSA) is 60.4 Å². The zero-order valence-electron chi connectivity index (χ0n) is 11.0. The smallest absolute Gasteiger partial charge is 0.341 e. The lowest BCUT2D eigenvalue weighted by atomic mass is 10.1. The van der Waals surface area contributed by atoms with Gasteiger partial charge in [-0.25, -0.2) is 22.0 Å². The van der Waals surface area contributed by atoms with E-state index in [4.69, 9.17) is 15.4 Å². The molecule has 8 heteroatoms. The van der Waals surface area contributed by atoms with E-state index in [2.05, 4.69) is 0 Å². The maximum absolute atomic E-state index is 13.5. The monoisotopic (exact) mass is 326 g/mol. The Morgan fingerprint density at radius 3 is 2.20 bits per heavy atom. The van der Waals surface area contributed by atoms with Crippen LogP contribution in [0.5, 0.6) is 0 Å². The first-order chi connectivity index (χ1) is 9.04. The van der Waals surface area contributed by atoms with Crippen LogP contribution in [0.1, 0.15) is 31.1 Å². The lowest BCUT2D eigenvalue weighted by Crippen LogP contribution is -2.21. The number of carbonyl (C=O) groups excluding carboxylic acids is 1. The summed E-state index contributed by atoms with van der Waals surface area (Å²) in [4.78, 5) is 10.8. The van der Waals surface area contributed by atoms with E-state index in [1.807, 2.05) is 0 Å². The molecule has 0 amide bonds. The van der Waals surface area contributed by atoms with Crippen LogP contribution in [-0.4, -0.2) is 20.5 Å². The molecule has 0 aromatic heterocycles. The Morgan fingerprint density at radius 1 is 1.20 bits per heavy atom. The maximum atomic E-state index is 13.5. The van der Waals surface area contributed by atoms with E-state index in [0.717, 1.165) is 0 Å². The summed E-state index contributed by atoms with van der Waals surface area (Å²) in [6, 6.07) is 0.814. The van der Waals surface area contributed by atoms with Crippen LogP contribution in [-0.2, 0) is 13.8 Å². The van der Waals surface area contributed by atoms with Gasteiger partial charge in [-0.1, -0.05) is 13.8 Å². The molecule has 0 saturated carbocycles. The first kappa shape index (κ1) is 16.8. The average Bonchev–Trinajstić information content (AvgIpc) is 2.26. The Labute approximate surface area is 120 Å². The van der Waals surface area contributed by atoms with Crippen LogP contribution < -0.4 is 0 Å². The van der Waals surface area contributed by atoms with Gasteiger partial charge in [-0.05, 0) is 18.9 Å². The van der Waals surface area contributed by atoms with Crippen molar-refractivity contribution in [3.63, 3.8) is 0 Å². The Kier molecular flexibility index (Phi) is 5.10. The van der Waals surface area contributed by atoms with E-state index in [9.17, 15) is 22.0 Å². The predicted octanol–water partition coefficient (Wildman–Crippen LogP) is 3.09. The summed E-state index contributed by atoms with van der Waals surface area (Å²) in [6.45, 7) is 5.17. The number of ether oxygens (including phenoxy) is 1. The van der Waals surface area contributed by atoms with Crippen LogP contribution in [0.4, 0.5) is 8.78 Å². The normalized spacial score (nSPS) is 13.3. The third-order valence-corrected chi connectivity index (χ3v) is 4.07. The molecule has 0 radical (unpaired) electrons. The van der Waals surface area contributed by atoms with Crippen molar-refractivity contribution in [1.29, 1.82) is 0 Å². The molecule has 1 aromatic rings. The summed E-state index contributed by atoms with van der Waals surface area (Å²) < 4.78 is 54.1. The van der Waals surface area contributed by atoms with Crippen molar-refractivity contribution in [1.82, 2.24) is 0 Å². The average molecular weight is 327 g/mol. The van der Waals surface area contributed by atoms with Crippen LogP contribution in [0, 0.1) is 17.6 Å². The summed E-state index contributed by atoms with van der Waals surface area (Å²) >= 11 is 0. The molecule has 20 heavy (non-hydrogen) atoms. The molecular formula is C12H13ClF2O4S. The molecule has 0 aliphatic carbocycles. The fourth-order valence-electron chi connectivity index (χ4n) is 1.24. The molecule has 0 saturated heterocycles. The minimum atomic E-state index is -4.43. The Bertz CT molecular complexity index is 629. The van der Waals surface area contributed by atoms with E-state index in [-0.39, 0.29) is 12.0 Å². The number of hydrogen-bond acceptors (Lipinski definition) is 4. The van der Waals surface area contributed by atoms with Gasteiger partial charge < -0.3 is 4.74 Å². The van der Waals surface area contributed by atoms with Gasteiger partial charge in [-0.15, -0.1) is 0 Å². The molecule has 0 bridgehead atoms. The Morgan fingerprint density at radius 2 is 1.75 bits per heavy atom. The van der Waals surface area contributed by atoms with Crippen molar-refractivity contribution in [2.45, 2.75) is 31.8 Å². The fourth-order valence-corrected chi connectivity index (χ4v) is 2.15. The van der Waals surface area contributed by atoms with E-state index in [0.29, 0.717) is 6.07 Å². The van der Waals surface area contributed by atoms with Gasteiger partial charge >= 0.3 is 5.97 Å². The van der Waals surface area contributed by atoms with Gasteiger partial charge in [-0.3, -0.25) is 0 Å². The second-order valence-electron chi connectivity index (χ2n) is 4.55. The van der Waals surface area contributed by atoms with Crippen LogP contribution in [0.2, 0.25) is 0 Å². The van der Waals surface area contributed by atoms with Gasteiger partial charge in [0, 0.05) is 16.7 Å². The molecule has 0 aliphatic heterocycles. The minimum absolute atomic E-state index is 0.0151. The van der Waals surface area contributed by atoms with E-state index in [1.54, 1.807) is 20.8 Å². The van der Waals surface area contributed by atoms with E-state index in [1.165, 1.54) is 0 Å². The largest absolute Gasteiger partial charge is 0.459 e. The van der Waals surface area contributed by atoms with Crippen LogP contribution in [0.3, 0.4) is 0 Å². The van der Waals surface area contributed by atoms with Crippen molar-refractivity contribution in [2.75, 3.05) is 0 Å². The van der Waals surface area contributed by atoms with Crippen LogP contribution in [0.15, 0.2) is 17.0 Å². The molecule has 0 heterocycles. The molecule has 1 unspecified atom stereocenters. The molecule has 0 spiro atoms. The van der Waals surface area contributed by atoms with Crippen molar-refractivity contribution in [2.24, 2.45) is 5.92 Å². The third-order valence-electron chi connectivity index (χ3n) is 2.74. The zero-order chi connectivity index (χ0) is 15.7. The number of benzene rings is 1. The molecule has 1 rings (SSSR count). The van der Waals surface area contributed by atoms with Gasteiger partial charge in [0.25, 0.3) is 9.05 Å². The minimum Gasteiger partial charge on any atom is -0.459 e. The van der Waals surface area contributed by atoms with E-state index >= 15 is 0 Å². The highest BCUT2D eigenvalue weighted by Crippen LogP contribution is 2.23. The summed E-state index contributed by atoms with van der Waals surface area (Å²) in [5, 5.41) is 0. The number of hydrogen-bond donors (Lipinski definition) is 0. The summed E-state index contributed by atoms with van der Waals surface area (Å²) in [7, 11) is 0.578. The Hall–Kier alpha value is -1.21. The highest BCUT2D eigenvalue weighted by molar-refractivity contribution is 8.13. The number of carbonyl (C=O) groups is 1. The zero-order valence-corrected chi connectivity index (χ0v) is 12.6. The van der Waals surface area contributed by atoms with Crippen molar-refractivity contribution in [3.05, 3.63) is 29.3 Å². The molecule has 4 nitrogen and oxygen atoms in total. The molecule has 0 fully saturated rings. The summed E-state index contributed by atoms with van der Waals surface area (Å²) in [5.41, 5.74) is -0.682. The fraction of sp³-hybridized carbons (Fsp3) is 0.417. The quantitative estimate of drug-likeness (QED) is 0.630. The Balaban J connectivity index is 3.22. The first-order valence-corrected chi connectivity index (χ1v) is 7.99. The predicted molar refractivity (Wildman–Crippen MR) is 69.1 cm³/mol. The first-order valence-electron chi connectivity index (χ1n) is 5.68. The molecule has 0 aliphatic rings. The summed E-state index contributed by atoms with van der Waals surface area (Å²) in [6.07, 6.45) is -0.511. The lowest BCUT2D eigenvalue weighted by Gasteiger charge is -2.17. The second kappa shape index (κ2) is 6.05. The molecule has 1 aromatic carbocycles. The number of esters is 1. The SMILES string of the molecule is CC(C)C(C)OC(=O)c1cc(S(=O)(=O)Cl)c(F)cc1F. The third kappa shape index (κ3) is 3.89. The standard InChI is InChI=1S/C12H13ClF2O4S/c1-6(2)7(3)19-12(16)8-4-11(20(13,17)18)10(15)5-9(8)14/h4-7H,1-3H3. The maximum Gasteiger partial charge on any atom is 0.341 e. The molecule has 1 atom stereocenters. The molecular weight excluding hydrogens is 314 g/mol. The number of rotatable bonds is 4. The number of halogens is 3. The lowest BCUT2D eigenvalue weighted by molar-refractivity contribution is 0.0232. The van der Waals surface area contributed by atoms with Gasteiger partial charge in [0.2, 0.25) is 0 Å². The van der Waals surface area contributed by atoms with Crippen molar-refractivity contribution in [3.8, 4) is 0 Å². The van der Waals surface area contributed by atoms with Crippen molar-refractivity contribution < 1.29 is 26.7 Å². The van der Waals surface area contributed by atoms with Gasteiger partial charge in [0.15, 0.2) is 0 Å². The van der Waals surface area contributed by atoms with E-state index < -0.39 is 43.2 Å². The second-order valence-corrected chi connectivity index (χ2v) is 7.09. The summed E-state index contributed by atoms with van der Waals surface area (Å²) in [5.74, 6) is -3.68. The molecule has 112 valence electrons. The highest BCUT2D eigenvalue weighted by Gasteiger charge is 2.24. The van der Waals surface area contributed by atoms with Crippen molar-refractivity contribution >= 4 is 25.7 Å².